The van der Waals surface area contributed by atoms with Crippen molar-refractivity contribution in [1.29, 1.82) is 0 Å². The first kappa shape index (κ1) is 12.2. The van der Waals surface area contributed by atoms with E-state index in [0.717, 1.165) is 5.01 Å². The van der Waals surface area contributed by atoms with Gasteiger partial charge in [-0.25, -0.2) is 5.01 Å². The highest BCUT2D eigenvalue weighted by Gasteiger charge is 2.08. The number of rotatable bonds is 6. The van der Waals surface area contributed by atoms with Crippen LogP contribution in [0, 0.1) is 0 Å². The molecule has 0 unspecified atom stereocenters. The Labute approximate surface area is 94.0 Å². The lowest BCUT2D eigenvalue weighted by molar-refractivity contribution is -0.123. The maximum Gasteiger partial charge on any atom is 0.241 e. The molecule has 0 spiro atoms. The van der Waals surface area contributed by atoms with Crippen LogP contribution in [-0.4, -0.2) is 26.0 Å². The molecule has 0 saturated carbocycles. The van der Waals surface area contributed by atoms with E-state index in [0.29, 0.717) is 18.7 Å². The zero-order valence-electron chi connectivity index (χ0n) is 9.05. The molecule has 2 amide bonds. The normalized spacial score (nSPS) is 9.56. The van der Waals surface area contributed by atoms with E-state index < -0.39 is 0 Å². The van der Waals surface area contributed by atoms with E-state index in [-0.39, 0.29) is 12.3 Å². The average molecular weight is 222 g/mol. The van der Waals surface area contributed by atoms with Crippen LogP contribution in [0.3, 0.4) is 0 Å². The molecule has 0 atom stereocenters. The van der Waals surface area contributed by atoms with Gasteiger partial charge in [-0.1, -0.05) is 18.2 Å². The number of methoxy groups -OCH3 is 1. The van der Waals surface area contributed by atoms with Crippen molar-refractivity contribution in [3.8, 4) is 0 Å². The SMILES string of the molecule is COCCC(=O)NN(C=O)c1ccccc1. The second kappa shape index (κ2) is 6.58. The summed E-state index contributed by atoms with van der Waals surface area (Å²) in [5.41, 5.74) is 3.08. The number of hydrogen-bond donors (Lipinski definition) is 1. The summed E-state index contributed by atoms with van der Waals surface area (Å²) in [7, 11) is 1.52. The summed E-state index contributed by atoms with van der Waals surface area (Å²) in [6.07, 6.45) is 0.772. The molecule has 1 N–H and O–H groups in total. The predicted octanol–water partition coefficient (Wildman–Crippen LogP) is 0.717. The summed E-state index contributed by atoms with van der Waals surface area (Å²) in [5, 5.41) is 1.14. The van der Waals surface area contributed by atoms with Crippen LogP contribution in [0.2, 0.25) is 0 Å². The number of para-hydroxylation sites is 1. The van der Waals surface area contributed by atoms with Crippen molar-refractivity contribution in [1.82, 2.24) is 5.43 Å². The summed E-state index contributed by atoms with van der Waals surface area (Å²) < 4.78 is 4.77. The van der Waals surface area contributed by atoms with Crippen LogP contribution in [0.1, 0.15) is 6.42 Å². The Balaban J connectivity index is 2.56. The third-order valence-electron chi connectivity index (χ3n) is 1.92. The van der Waals surface area contributed by atoms with Crippen molar-refractivity contribution < 1.29 is 14.3 Å². The number of carbonyl (C=O) groups is 2. The standard InChI is InChI=1S/C11H14N2O3/c1-16-8-7-11(15)12-13(9-14)10-5-3-2-4-6-10/h2-6,9H,7-8H2,1H3,(H,12,15). The second-order valence-corrected chi connectivity index (χ2v) is 3.09. The molecule has 5 heteroatoms. The number of benzene rings is 1. The van der Waals surface area contributed by atoms with Crippen LogP contribution in [0.5, 0.6) is 0 Å². The van der Waals surface area contributed by atoms with Gasteiger partial charge < -0.3 is 4.74 Å². The highest BCUT2D eigenvalue weighted by Crippen LogP contribution is 2.08. The van der Waals surface area contributed by atoms with Gasteiger partial charge >= 0.3 is 0 Å². The fourth-order valence-corrected chi connectivity index (χ4v) is 1.13. The minimum atomic E-state index is -0.266. The lowest BCUT2D eigenvalue weighted by Gasteiger charge is -2.17. The first-order valence-corrected chi connectivity index (χ1v) is 4.86. The molecule has 0 fully saturated rings. The van der Waals surface area contributed by atoms with Crippen LogP contribution < -0.4 is 10.4 Å². The molecule has 0 radical (unpaired) electrons. The molecule has 0 aliphatic carbocycles. The third kappa shape index (κ3) is 3.70. The van der Waals surface area contributed by atoms with E-state index in [9.17, 15) is 9.59 Å². The average Bonchev–Trinajstić information content (AvgIpc) is 2.34. The van der Waals surface area contributed by atoms with E-state index in [1.54, 1.807) is 24.3 Å². The van der Waals surface area contributed by atoms with Crippen molar-refractivity contribution in [2.24, 2.45) is 0 Å². The molecule has 0 saturated heterocycles. The molecule has 0 aromatic heterocycles. The predicted molar refractivity (Wildman–Crippen MR) is 59.6 cm³/mol. The molecule has 5 nitrogen and oxygen atoms in total. The van der Waals surface area contributed by atoms with Gasteiger partial charge in [-0.05, 0) is 12.1 Å². The number of hydrogen-bond acceptors (Lipinski definition) is 3. The first-order valence-electron chi connectivity index (χ1n) is 4.86. The molecule has 1 aromatic carbocycles. The van der Waals surface area contributed by atoms with Crippen molar-refractivity contribution >= 4 is 18.0 Å². The Hall–Kier alpha value is -1.88. The van der Waals surface area contributed by atoms with E-state index in [4.69, 9.17) is 4.74 Å². The van der Waals surface area contributed by atoms with Crippen molar-refractivity contribution in [2.75, 3.05) is 18.7 Å². The maximum atomic E-state index is 11.4. The first-order chi connectivity index (χ1) is 7.77. The minimum Gasteiger partial charge on any atom is -0.384 e. The Morgan fingerprint density at radius 3 is 2.69 bits per heavy atom. The topological polar surface area (TPSA) is 58.6 Å². The lowest BCUT2D eigenvalue weighted by Crippen LogP contribution is -2.41. The highest BCUT2D eigenvalue weighted by atomic mass is 16.5. The molecular formula is C11H14N2O3. The zero-order chi connectivity index (χ0) is 11.8. The van der Waals surface area contributed by atoms with Gasteiger partial charge in [0.1, 0.15) is 0 Å². The van der Waals surface area contributed by atoms with Gasteiger partial charge in [0, 0.05) is 7.11 Å². The highest BCUT2D eigenvalue weighted by molar-refractivity contribution is 5.84. The number of nitrogens with zero attached hydrogens (tertiary/aromatic N) is 1. The van der Waals surface area contributed by atoms with Gasteiger partial charge in [-0.3, -0.25) is 15.0 Å². The fraction of sp³-hybridized carbons (Fsp3) is 0.273. The van der Waals surface area contributed by atoms with Crippen LogP contribution in [-0.2, 0) is 14.3 Å². The molecule has 1 aromatic rings. The number of hydrazine groups is 1. The van der Waals surface area contributed by atoms with Crippen LogP contribution in [0.25, 0.3) is 0 Å². The Morgan fingerprint density at radius 2 is 2.12 bits per heavy atom. The molecule has 0 bridgehead atoms. The lowest BCUT2D eigenvalue weighted by atomic mass is 10.3. The molecule has 86 valence electrons. The smallest absolute Gasteiger partial charge is 0.241 e. The fourth-order valence-electron chi connectivity index (χ4n) is 1.13. The number of carbonyl (C=O) groups excluding carboxylic acids is 2. The molecule has 16 heavy (non-hydrogen) atoms. The Bertz CT molecular complexity index is 340. The summed E-state index contributed by atoms with van der Waals surface area (Å²) in [6, 6.07) is 8.86. The molecule has 0 aliphatic heterocycles. The molecular weight excluding hydrogens is 208 g/mol. The van der Waals surface area contributed by atoms with Gasteiger partial charge in [0.05, 0.1) is 18.7 Å². The summed E-state index contributed by atoms with van der Waals surface area (Å²) in [6.45, 7) is 0.327. The molecule has 1 rings (SSSR count). The van der Waals surface area contributed by atoms with Crippen molar-refractivity contribution in [3.63, 3.8) is 0 Å². The number of ether oxygens (including phenoxy) is 1. The Kier molecular flexibility index (Phi) is 5.01. The Morgan fingerprint density at radius 1 is 1.44 bits per heavy atom. The van der Waals surface area contributed by atoms with Gasteiger partial charge in [-0.2, -0.15) is 0 Å². The van der Waals surface area contributed by atoms with E-state index in [2.05, 4.69) is 5.43 Å². The number of nitrogens with one attached hydrogen (secondary N) is 1. The minimum absolute atomic E-state index is 0.216. The van der Waals surface area contributed by atoms with Crippen molar-refractivity contribution in [2.45, 2.75) is 6.42 Å². The largest absolute Gasteiger partial charge is 0.384 e. The number of amides is 2. The number of anilines is 1. The molecule has 0 heterocycles. The van der Waals surface area contributed by atoms with E-state index >= 15 is 0 Å². The van der Waals surface area contributed by atoms with Gasteiger partial charge in [0.25, 0.3) is 0 Å². The maximum absolute atomic E-state index is 11.4. The van der Waals surface area contributed by atoms with Gasteiger partial charge in [0.2, 0.25) is 12.3 Å². The van der Waals surface area contributed by atoms with Crippen LogP contribution in [0.15, 0.2) is 30.3 Å². The quantitative estimate of drug-likeness (QED) is 0.570. The zero-order valence-corrected chi connectivity index (χ0v) is 9.05. The third-order valence-corrected chi connectivity index (χ3v) is 1.92. The summed E-state index contributed by atoms with van der Waals surface area (Å²) >= 11 is 0. The summed E-state index contributed by atoms with van der Waals surface area (Å²) in [4.78, 5) is 22.1. The van der Waals surface area contributed by atoms with Crippen molar-refractivity contribution in [3.05, 3.63) is 30.3 Å². The van der Waals surface area contributed by atoms with E-state index in [1.807, 2.05) is 6.07 Å². The molecule has 0 aliphatic rings. The van der Waals surface area contributed by atoms with E-state index in [1.165, 1.54) is 7.11 Å². The van der Waals surface area contributed by atoms with Gasteiger partial charge in [0.15, 0.2) is 0 Å². The second-order valence-electron chi connectivity index (χ2n) is 3.09. The monoisotopic (exact) mass is 222 g/mol. The van der Waals surface area contributed by atoms with Gasteiger partial charge in [-0.15, -0.1) is 0 Å². The summed E-state index contributed by atoms with van der Waals surface area (Å²) in [5.74, 6) is -0.266. The van der Waals surface area contributed by atoms with Crippen LogP contribution in [0.4, 0.5) is 5.69 Å². The van der Waals surface area contributed by atoms with Crippen LogP contribution >= 0.6 is 0 Å².